The van der Waals surface area contributed by atoms with Crippen LogP contribution in [0.1, 0.15) is 23.1 Å². The first-order chi connectivity index (χ1) is 13.2. The molecule has 0 fully saturated rings. The maximum Gasteiger partial charge on any atom is 0.247 e. The van der Waals surface area contributed by atoms with Crippen LogP contribution in [0.4, 0.5) is 10.1 Å². The van der Waals surface area contributed by atoms with Crippen molar-refractivity contribution in [2.75, 3.05) is 5.32 Å². The molecule has 0 amide bonds. The summed E-state index contributed by atoms with van der Waals surface area (Å²) in [5.74, 6) is 0.577. The van der Waals surface area contributed by atoms with Crippen molar-refractivity contribution in [3.8, 4) is 11.5 Å². The summed E-state index contributed by atoms with van der Waals surface area (Å²) in [4.78, 5) is 0. The number of rotatable bonds is 5. The molecule has 0 radical (unpaired) electrons. The van der Waals surface area contributed by atoms with Gasteiger partial charge in [0.15, 0.2) is 0 Å². The zero-order chi connectivity index (χ0) is 18.6. The Kier molecular flexibility index (Phi) is 4.66. The van der Waals surface area contributed by atoms with Gasteiger partial charge >= 0.3 is 0 Å². The topological polar surface area (TPSA) is 51.0 Å². The van der Waals surface area contributed by atoms with Crippen LogP contribution >= 0.6 is 0 Å². The van der Waals surface area contributed by atoms with E-state index in [-0.39, 0.29) is 5.82 Å². The number of aromatic nitrogens is 2. The average Bonchev–Trinajstić information content (AvgIpc) is 3.19. The van der Waals surface area contributed by atoms with Crippen LogP contribution < -0.4 is 5.32 Å². The van der Waals surface area contributed by atoms with Gasteiger partial charge in [-0.3, -0.25) is 0 Å². The standard InChI is InChI=1S/C22H18FN3O/c1-15-7-13-19(14-8-15)24-20(16-9-11-18(23)12-10-16)22-26-25-21(27-22)17-5-3-2-4-6-17/h2-14,20,24H,1H3/t20-/m0/s1. The van der Waals surface area contributed by atoms with E-state index in [4.69, 9.17) is 4.42 Å². The van der Waals surface area contributed by atoms with E-state index in [0.29, 0.717) is 11.8 Å². The van der Waals surface area contributed by atoms with Gasteiger partial charge in [0, 0.05) is 11.3 Å². The van der Waals surface area contributed by atoms with Crippen LogP contribution in [0.3, 0.4) is 0 Å². The molecule has 27 heavy (non-hydrogen) atoms. The minimum Gasteiger partial charge on any atom is -0.418 e. The van der Waals surface area contributed by atoms with Gasteiger partial charge < -0.3 is 9.73 Å². The first-order valence-corrected chi connectivity index (χ1v) is 8.66. The van der Waals surface area contributed by atoms with Gasteiger partial charge in [-0.15, -0.1) is 10.2 Å². The second-order valence-corrected chi connectivity index (χ2v) is 6.31. The lowest BCUT2D eigenvalue weighted by molar-refractivity contribution is 0.494. The molecule has 5 heteroatoms. The van der Waals surface area contributed by atoms with E-state index in [1.807, 2.05) is 61.5 Å². The number of aryl methyl sites for hydroxylation is 1. The number of hydrogen-bond donors (Lipinski definition) is 1. The van der Waals surface area contributed by atoms with Crippen molar-refractivity contribution >= 4 is 5.69 Å². The van der Waals surface area contributed by atoms with Crippen molar-refractivity contribution in [3.05, 3.63) is 102 Å². The molecule has 134 valence electrons. The fraction of sp³-hybridized carbons (Fsp3) is 0.0909. The third-order valence-corrected chi connectivity index (χ3v) is 4.27. The van der Waals surface area contributed by atoms with Crippen LogP contribution in [0.15, 0.2) is 83.3 Å². The largest absolute Gasteiger partial charge is 0.418 e. The lowest BCUT2D eigenvalue weighted by Gasteiger charge is -2.17. The molecular weight excluding hydrogens is 341 g/mol. The van der Waals surface area contributed by atoms with Gasteiger partial charge in [0.25, 0.3) is 0 Å². The van der Waals surface area contributed by atoms with E-state index in [1.165, 1.54) is 17.7 Å². The highest BCUT2D eigenvalue weighted by atomic mass is 19.1. The van der Waals surface area contributed by atoms with Crippen LogP contribution in [-0.4, -0.2) is 10.2 Å². The molecular formula is C22H18FN3O. The minimum absolute atomic E-state index is 0.289. The summed E-state index contributed by atoms with van der Waals surface area (Å²) in [5.41, 5.74) is 3.77. The van der Waals surface area contributed by atoms with Gasteiger partial charge in [-0.05, 0) is 48.9 Å². The molecule has 1 atom stereocenters. The Labute approximate surface area is 156 Å². The molecule has 0 saturated heterocycles. The van der Waals surface area contributed by atoms with E-state index in [1.54, 1.807) is 12.1 Å². The Balaban J connectivity index is 1.70. The Morgan fingerprint density at radius 1 is 0.852 bits per heavy atom. The molecule has 0 aliphatic heterocycles. The lowest BCUT2D eigenvalue weighted by Crippen LogP contribution is -2.13. The number of hydrogen-bond acceptors (Lipinski definition) is 4. The second-order valence-electron chi connectivity index (χ2n) is 6.31. The van der Waals surface area contributed by atoms with Crippen molar-refractivity contribution in [1.82, 2.24) is 10.2 Å². The highest BCUT2D eigenvalue weighted by Crippen LogP contribution is 2.28. The smallest absolute Gasteiger partial charge is 0.247 e. The van der Waals surface area contributed by atoms with Gasteiger partial charge in [0.1, 0.15) is 11.9 Å². The molecule has 0 aliphatic carbocycles. The molecule has 1 N–H and O–H groups in total. The third-order valence-electron chi connectivity index (χ3n) is 4.27. The number of nitrogens with zero attached hydrogens (tertiary/aromatic N) is 2. The van der Waals surface area contributed by atoms with E-state index in [2.05, 4.69) is 15.5 Å². The summed E-state index contributed by atoms with van der Waals surface area (Å²) in [6, 6.07) is 23.5. The molecule has 1 heterocycles. The summed E-state index contributed by atoms with van der Waals surface area (Å²) in [7, 11) is 0. The van der Waals surface area contributed by atoms with Crippen molar-refractivity contribution in [2.24, 2.45) is 0 Å². The summed E-state index contributed by atoms with van der Waals surface area (Å²) < 4.78 is 19.3. The van der Waals surface area contributed by atoms with Crippen LogP contribution in [-0.2, 0) is 0 Å². The maximum atomic E-state index is 13.4. The Bertz CT molecular complexity index is 1010. The van der Waals surface area contributed by atoms with Crippen molar-refractivity contribution in [1.29, 1.82) is 0 Å². The Morgan fingerprint density at radius 3 is 2.26 bits per heavy atom. The van der Waals surface area contributed by atoms with Gasteiger partial charge in [-0.25, -0.2) is 4.39 Å². The maximum absolute atomic E-state index is 13.4. The predicted molar refractivity (Wildman–Crippen MR) is 103 cm³/mol. The monoisotopic (exact) mass is 359 g/mol. The number of benzene rings is 3. The molecule has 4 nitrogen and oxygen atoms in total. The molecule has 0 saturated carbocycles. The predicted octanol–water partition coefficient (Wildman–Crippen LogP) is 5.39. The molecule has 0 bridgehead atoms. The van der Waals surface area contributed by atoms with Crippen molar-refractivity contribution in [2.45, 2.75) is 13.0 Å². The zero-order valence-electron chi connectivity index (χ0n) is 14.8. The average molecular weight is 359 g/mol. The van der Waals surface area contributed by atoms with Crippen molar-refractivity contribution < 1.29 is 8.81 Å². The van der Waals surface area contributed by atoms with Gasteiger partial charge in [0.2, 0.25) is 11.8 Å². The zero-order valence-corrected chi connectivity index (χ0v) is 14.8. The molecule has 1 aromatic heterocycles. The number of nitrogens with one attached hydrogen (secondary N) is 1. The normalized spacial score (nSPS) is 11.9. The lowest BCUT2D eigenvalue weighted by atomic mass is 10.1. The van der Waals surface area contributed by atoms with E-state index < -0.39 is 6.04 Å². The van der Waals surface area contributed by atoms with E-state index >= 15 is 0 Å². The molecule has 0 spiro atoms. The number of anilines is 1. The summed E-state index contributed by atoms with van der Waals surface area (Å²) in [6.45, 7) is 2.03. The number of halogens is 1. The fourth-order valence-electron chi connectivity index (χ4n) is 2.81. The molecule has 3 aromatic carbocycles. The first kappa shape index (κ1) is 17.0. The third kappa shape index (κ3) is 3.87. The van der Waals surface area contributed by atoms with E-state index in [0.717, 1.165) is 16.8 Å². The summed E-state index contributed by atoms with van der Waals surface area (Å²) in [5, 5.41) is 11.8. The first-order valence-electron chi connectivity index (χ1n) is 8.66. The van der Waals surface area contributed by atoms with Gasteiger partial charge in [-0.1, -0.05) is 48.0 Å². The van der Waals surface area contributed by atoms with Gasteiger partial charge in [0.05, 0.1) is 0 Å². The Morgan fingerprint density at radius 2 is 1.56 bits per heavy atom. The summed E-state index contributed by atoms with van der Waals surface area (Å²) >= 11 is 0. The van der Waals surface area contributed by atoms with Gasteiger partial charge in [-0.2, -0.15) is 0 Å². The highest BCUT2D eigenvalue weighted by Gasteiger charge is 2.21. The quantitative estimate of drug-likeness (QED) is 0.519. The molecule has 0 aliphatic rings. The van der Waals surface area contributed by atoms with Crippen LogP contribution in [0, 0.1) is 12.7 Å². The summed E-state index contributed by atoms with van der Waals surface area (Å²) in [6.07, 6.45) is 0. The van der Waals surface area contributed by atoms with Crippen molar-refractivity contribution in [3.63, 3.8) is 0 Å². The molecule has 0 unspecified atom stereocenters. The van der Waals surface area contributed by atoms with Crippen LogP contribution in [0.25, 0.3) is 11.5 Å². The minimum atomic E-state index is -0.390. The van der Waals surface area contributed by atoms with Crippen LogP contribution in [0.2, 0.25) is 0 Å². The van der Waals surface area contributed by atoms with E-state index in [9.17, 15) is 4.39 Å². The molecule has 4 rings (SSSR count). The second kappa shape index (κ2) is 7.41. The fourth-order valence-corrected chi connectivity index (χ4v) is 2.81. The highest BCUT2D eigenvalue weighted by molar-refractivity contribution is 5.53. The Hall–Kier alpha value is -3.47. The van der Waals surface area contributed by atoms with Crippen LogP contribution in [0.5, 0.6) is 0 Å². The SMILES string of the molecule is Cc1ccc(N[C@@H](c2ccc(F)cc2)c2nnc(-c3ccccc3)o2)cc1. The molecule has 4 aromatic rings.